The van der Waals surface area contributed by atoms with E-state index < -0.39 is 10.0 Å². The highest BCUT2D eigenvalue weighted by Crippen LogP contribution is 2.21. The third kappa shape index (κ3) is 3.32. The minimum Gasteiger partial charge on any atom is -0.317 e. The fraction of sp³-hybridized carbons (Fsp3) is 0.500. The van der Waals surface area contributed by atoms with Crippen molar-refractivity contribution in [1.29, 1.82) is 0 Å². The van der Waals surface area contributed by atoms with Crippen molar-refractivity contribution in [1.82, 2.24) is 10.0 Å². The number of nitrogens with one attached hydrogen (secondary N) is 2. The number of benzene rings is 1. The molecule has 0 unspecified atom stereocenters. The van der Waals surface area contributed by atoms with Crippen molar-refractivity contribution < 1.29 is 8.42 Å². The first-order valence-electron chi connectivity index (χ1n) is 5.98. The molecule has 0 amide bonds. The van der Waals surface area contributed by atoms with Crippen molar-refractivity contribution in [2.45, 2.75) is 30.7 Å². The Morgan fingerprint density at radius 1 is 1.33 bits per heavy atom. The maximum atomic E-state index is 12.3. The molecule has 0 atom stereocenters. The van der Waals surface area contributed by atoms with Gasteiger partial charge >= 0.3 is 0 Å². The fourth-order valence-corrected chi connectivity index (χ4v) is 4.17. The summed E-state index contributed by atoms with van der Waals surface area (Å²) in [5.74, 6) is 0. The second-order valence-corrected chi connectivity index (χ2v) is 7.15. The summed E-state index contributed by atoms with van der Waals surface area (Å²) < 4.78 is 28.2. The van der Waals surface area contributed by atoms with E-state index in [4.69, 9.17) is 0 Å². The summed E-state index contributed by atoms with van der Waals surface area (Å²) in [7, 11) is -3.42. The molecule has 1 saturated heterocycles. The lowest BCUT2D eigenvalue weighted by Gasteiger charge is -2.23. The monoisotopic (exact) mass is 332 g/mol. The lowest BCUT2D eigenvalue weighted by molar-refractivity contribution is 0.427. The van der Waals surface area contributed by atoms with Crippen LogP contribution >= 0.6 is 15.9 Å². The molecule has 0 aliphatic carbocycles. The summed E-state index contributed by atoms with van der Waals surface area (Å²) in [5, 5.41) is 3.22. The molecule has 1 heterocycles. The Bertz CT molecular complexity index is 525. The van der Waals surface area contributed by atoms with Crippen LogP contribution in [0.4, 0.5) is 0 Å². The zero-order valence-corrected chi connectivity index (χ0v) is 12.6. The molecule has 0 saturated carbocycles. The van der Waals surface area contributed by atoms with Gasteiger partial charge in [0, 0.05) is 10.5 Å². The van der Waals surface area contributed by atoms with E-state index in [1.165, 1.54) is 0 Å². The molecular weight excluding hydrogens is 316 g/mol. The lowest BCUT2D eigenvalue weighted by Crippen LogP contribution is -2.42. The van der Waals surface area contributed by atoms with Gasteiger partial charge in [-0.25, -0.2) is 13.1 Å². The lowest BCUT2D eigenvalue weighted by atomic mass is 10.1. The summed E-state index contributed by atoms with van der Waals surface area (Å²) in [6.07, 6.45) is 1.68. The van der Waals surface area contributed by atoms with E-state index in [2.05, 4.69) is 26.0 Å². The number of aryl methyl sites for hydroxylation is 1. The quantitative estimate of drug-likeness (QED) is 0.887. The number of piperidine rings is 1. The Morgan fingerprint density at radius 2 is 2.00 bits per heavy atom. The normalized spacial score (nSPS) is 17.9. The third-order valence-corrected chi connectivity index (χ3v) is 5.26. The molecule has 0 radical (unpaired) electrons. The van der Waals surface area contributed by atoms with Gasteiger partial charge in [0.25, 0.3) is 0 Å². The largest absolute Gasteiger partial charge is 0.317 e. The first-order chi connectivity index (χ1) is 8.49. The zero-order chi connectivity index (χ0) is 13.2. The highest BCUT2D eigenvalue weighted by atomic mass is 79.9. The Labute approximate surface area is 116 Å². The van der Waals surface area contributed by atoms with E-state index in [0.29, 0.717) is 4.90 Å². The average Bonchev–Trinajstić information content (AvgIpc) is 2.33. The topological polar surface area (TPSA) is 58.2 Å². The van der Waals surface area contributed by atoms with Gasteiger partial charge in [0.05, 0.1) is 4.90 Å². The summed E-state index contributed by atoms with van der Waals surface area (Å²) >= 11 is 3.31. The molecule has 4 nitrogen and oxygen atoms in total. The van der Waals surface area contributed by atoms with Crippen LogP contribution in [0.3, 0.4) is 0 Å². The van der Waals surface area contributed by atoms with Crippen LogP contribution in [-0.2, 0) is 10.0 Å². The number of halogens is 1. The standard InChI is InChI=1S/C12H17BrN2O2S/c1-9-2-3-10(13)8-12(9)18(16,17)15-11-4-6-14-7-5-11/h2-3,8,11,14-15H,4-7H2,1H3. The smallest absolute Gasteiger partial charge is 0.241 e. The van der Waals surface area contributed by atoms with Gasteiger partial charge in [-0.2, -0.15) is 0 Å². The van der Waals surface area contributed by atoms with E-state index in [0.717, 1.165) is 36.0 Å². The zero-order valence-electron chi connectivity index (χ0n) is 10.2. The molecule has 1 aromatic rings. The predicted molar refractivity (Wildman–Crippen MR) is 75.1 cm³/mol. The summed E-state index contributed by atoms with van der Waals surface area (Å²) in [5.41, 5.74) is 0.764. The SMILES string of the molecule is Cc1ccc(Br)cc1S(=O)(=O)NC1CCNCC1. The Kier molecular flexibility index (Phi) is 4.42. The van der Waals surface area contributed by atoms with Gasteiger partial charge in [-0.15, -0.1) is 0 Å². The highest BCUT2D eigenvalue weighted by Gasteiger charge is 2.23. The van der Waals surface area contributed by atoms with Crippen molar-refractivity contribution in [3.63, 3.8) is 0 Å². The molecule has 100 valence electrons. The van der Waals surface area contributed by atoms with Gasteiger partial charge < -0.3 is 5.32 Å². The van der Waals surface area contributed by atoms with E-state index in [1.54, 1.807) is 12.1 Å². The van der Waals surface area contributed by atoms with Gasteiger partial charge in [0.1, 0.15) is 0 Å². The minimum absolute atomic E-state index is 0.0367. The van der Waals surface area contributed by atoms with Gasteiger partial charge in [-0.3, -0.25) is 0 Å². The summed E-state index contributed by atoms with van der Waals surface area (Å²) in [6, 6.07) is 5.34. The van der Waals surface area contributed by atoms with Crippen LogP contribution < -0.4 is 10.0 Å². The van der Waals surface area contributed by atoms with Crippen molar-refractivity contribution in [2.24, 2.45) is 0 Å². The summed E-state index contributed by atoms with van der Waals surface area (Å²) in [6.45, 7) is 3.54. The van der Waals surface area contributed by atoms with Gasteiger partial charge in [0.2, 0.25) is 10.0 Å². The van der Waals surface area contributed by atoms with E-state index in [1.807, 2.05) is 13.0 Å². The number of rotatable bonds is 3. The molecule has 1 aliphatic rings. The van der Waals surface area contributed by atoms with Crippen molar-refractivity contribution in [3.8, 4) is 0 Å². The Morgan fingerprint density at radius 3 is 2.67 bits per heavy atom. The maximum Gasteiger partial charge on any atom is 0.241 e. The fourth-order valence-electron chi connectivity index (χ4n) is 2.09. The third-order valence-electron chi connectivity index (χ3n) is 3.10. The van der Waals surface area contributed by atoms with Crippen LogP contribution in [0.1, 0.15) is 18.4 Å². The van der Waals surface area contributed by atoms with Gasteiger partial charge in [-0.1, -0.05) is 22.0 Å². The molecule has 18 heavy (non-hydrogen) atoms. The van der Waals surface area contributed by atoms with Crippen molar-refractivity contribution in [2.75, 3.05) is 13.1 Å². The van der Waals surface area contributed by atoms with Crippen LogP contribution in [0.5, 0.6) is 0 Å². The highest BCUT2D eigenvalue weighted by molar-refractivity contribution is 9.10. The number of hydrogen-bond donors (Lipinski definition) is 2. The molecular formula is C12H17BrN2O2S. The first kappa shape index (κ1) is 14.0. The second-order valence-electron chi connectivity index (χ2n) is 4.56. The molecule has 1 fully saturated rings. The van der Waals surface area contributed by atoms with Crippen LogP contribution in [-0.4, -0.2) is 27.5 Å². The van der Waals surface area contributed by atoms with E-state index >= 15 is 0 Å². The Balaban J connectivity index is 2.21. The minimum atomic E-state index is -3.42. The molecule has 0 aromatic heterocycles. The molecule has 6 heteroatoms. The van der Waals surface area contributed by atoms with Crippen LogP contribution in [0.15, 0.2) is 27.6 Å². The number of hydrogen-bond acceptors (Lipinski definition) is 3. The molecule has 0 bridgehead atoms. The molecule has 1 aromatic carbocycles. The molecule has 0 spiro atoms. The van der Waals surface area contributed by atoms with Crippen LogP contribution in [0.25, 0.3) is 0 Å². The van der Waals surface area contributed by atoms with E-state index in [9.17, 15) is 8.42 Å². The second kappa shape index (κ2) is 5.69. The predicted octanol–water partition coefficient (Wildman–Crippen LogP) is 1.79. The molecule has 1 aliphatic heterocycles. The Hall–Kier alpha value is -0.430. The van der Waals surface area contributed by atoms with Crippen molar-refractivity contribution >= 4 is 26.0 Å². The average molecular weight is 333 g/mol. The number of sulfonamides is 1. The van der Waals surface area contributed by atoms with E-state index in [-0.39, 0.29) is 6.04 Å². The van der Waals surface area contributed by atoms with Gasteiger partial charge in [0.15, 0.2) is 0 Å². The first-order valence-corrected chi connectivity index (χ1v) is 8.26. The molecule has 2 N–H and O–H groups in total. The van der Waals surface area contributed by atoms with Crippen molar-refractivity contribution in [3.05, 3.63) is 28.2 Å². The summed E-state index contributed by atoms with van der Waals surface area (Å²) in [4.78, 5) is 0.357. The maximum absolute atomic E-state index is 12.3. The molecule has 2 rings (SSSR count). The van der Waals surface area contributed by atoms with Crippen LogP contribution in [0, 0.1) is 6.92 Å². The van der Waals surface area contributed by atoms with Crippen LogP contribution in [0.2, 0.25) is 0 Å². The van der Waals surface area contributed by atoms with Gasteiger partial charge in [-0.05, 0) is 50.6 Å².